The first-order valence-corrected chi connectivity index (χ1v) is 13.2. The van der Waals surface area contributed by atoms with Crippen molar-refractivity contribution in [3.63, 3.8) is 0 Å². The maximum absolute atomic E-state index is 13.5. The first-order chi connectivity index (χ1) is 13.8. The predicted octanol–water partition coefficient (Wildman–Crippen LogP) is 3.39. The Balaban J connectivity index is 1.78. The van der Waals surface area contributed by atoms with Crippen LogP contribution in [0.4, 0.5) is 0 Å². The third-order valence-electron chi connectivity index (χ3n) is 6.63. The van der Waals surface area contributed by atoms with E-state index in [1.807, 2.05) is 0 Å². The van der Waals surface area contributed by atoms with E-state index >= 15 is 0 Å². The lowest BCUT2D eigenvalue weighted by Gasteiger charge is -2.50. The van der Waals surface area contributed by atoms with Gasteiger partial charge in [-0.1, -0.05) is 49.2 Å². The highest BCUT2D eigenvalue weighted by atomic mass is 32.2. The normalized spacial score (nSPS) is 30.4. The monoisotopic (exact) mass is 434 g/mol. The van der Waals surface area contributed by atoms with E-state index in [9.17, 15) is 21.9 Å². The lowest BCUT2D eigenvalue weighted by atomic mass is 9.67. The molecule has 156 valence electrons. The summed E-state index contributed by atoms with van der Waals surface area (Å²) in [7, 11) is -7.57. The number of sulfone groups is 2. The Morgan fingerprint density at radius 3 is 1.90 bits per heavy atom. The molecule has 0 aliphatic heterocycles. The minimum atomic E-state index is -3.88. The molecule has 2 aliphatic rings. The van der Waals surface area contributed by atoms with Gasteiger partial charge in [-0.25, -0.2) is 16.8 Å². The fourth-order valence-electron chi connectivity index (χ4n) is 5.08. The molecule has 0 heterocycles. The largest absolute Gasteiger partial charge is 0.388 e. The van der Waals surface area contributed by atoms with Crippen molar-refractivity contribution in [3.05, 3.63) is 60.7 Å². The second-order valence-electron chi connectivity index (χ2n) is 8.23. The van der Waals surface area contributed by atoms with Crippen LogP contribution in [0, 0.1) is 5.92 Å². The average Bonchev–Trinajstić information content (AvgIpc) is 2.73. The molecule has 0 bridgehead atoms. The zero-order valence-electron chi connectivity index (χ0n) is 16.1. The molecule has 1 N–H and O–H groups in total. The van der Waals surface area contributed by atoms with E-state index in [2.05, 4.69) is 0 Å². The number of rotatable bonds is 4. The van der Waals surface area contributed by atoms with Crippen LogP contribution in [-0.4, -0.2) is 38.0 Å². The molecule has 0 radical (unpaired) electrons. The van der Waals surface area contributed by atoms with Gasteiger partial charge in [0.05, 0.1) is 25.9 Å². The average molecular weight is 435 g/mol. The summed E-state index contributed by atoms with van der Waals surface area (Å²) in [5.41, 5.74) is -1.38. The molecular weight excluding hydrogens is 408 g/mol. The molecule has 2 aromatic rings. The van der Waals surface area contributed by atoms with E-state index in [1.165, 1.54) is 12.1 Å². The number of aliphatic hydroxyl groups is 1. The SMILES string of the molecule is O=S(=O)(c1ccccc1)[C@H]1C[C@H]2CCCC[C@]2(O)[C@H](S(=O)(=O)c2ccccc2)C1. The topological polar surface area (TPSA) is 88.5 Å². The summed E-state index contributed by atoms with van der Waals surface area (Å²) in [6.07, 6.45) is 2.90. The lowest BCUT2D eigenvalue weighted by Crippen LogP contribution is -2.59. The molecule has 7 heteroatoms. The summed E-state index contributed by atoms with van der Waals surface area (Å²) in [5, 5.41) is 9.58. The minimum absolute atomic E-state index is 0.0819. The molecule has 0 saturated heterocycles. The summed E-state index contributed by atoms with van der Waals surface area (Å²) in [6.45, 7) is 0. The van der Waals surface area contributed by atoms with Crippen LogP contribution in [0.3, 0.4) is 0 Å². The fraction of sp³-hybridized carbons (Fsp3) is 0.455. The molecule has 0 spiro atoms. The van der Waals surface area contributed by atoms with Gasteiger partial charge in [-0.2, -0.15) is 0 Å². The maximum Gasteiger partial charge on any atom is 0.184 e. The molecule has 2 aliphatic carbocycles. The fourth-order valence-corrected chi connectivity index (χ4v) is 9.25. The number of hydrogen-bond donors (Lipinski definition) is 1. The van der Waals surface area contributed by atoms with Crippen molar-refractivity contribution in [1.29, 1.82) is 0 Å². The Morgan fingerprint density at radius 2 is 1.31 bits per heavy atom. The first-order valence-electron chi connectivity index (χ1n) is 10.1. The van der Waals surface area contributed by atoms with Crippen molar-refractivity contribution >= 4 is 19.7 Å². The van der Waals surface area contributed by atoms with E-state index < -0.39 is 35.8 Å². The van der Waals surface area contributed by atoms with Gasteiger partial charge in [0, 0.05) is 0 Å². The Bertz CT molecular complexity index is 1060. The van der Waals surface area contributed by atoms with Crippen LogP contribution in [0.5, 0.6) is 0 Å². The number of hydrogen-bond acceptors (Lipinski definition) is 5. The van der Waals surface area contributed by atoms with Crippen LogP contribution in [-0.2, 0) is 19.7 Å². The standard InChI is InChI=1S/C22H26O5S2/c23-22-14-8-7-9-17(22)15-20(28(24,25)18-10-3-1-4-11-18)16-21(22)29(26,27)19-12-5-2-6-13-19/h1-6,10-13,17,20-21,23H,7-9,14-16H2/t17-,20+,21-,22-/m1/s1. The van der Waals surface area contributed by atoms with Crippen LogP contribution in [0.2, 0.25) is 0 Å². The van der Waals surface area contributed by atoms with Gasteiger partial charge in [0.1, 0.15) is 0 Å². The predicted molar refractivity (Wildman–Crippen MR) is 111 cm³/mol. The van der Waals surface area contributed by atoms with E-state index in [-0.39, 0.29) is 22.1 Å². The third-order valence-corrected chi connectivity index (χ3v) is 11.1. The molecule has 2 aromatic carbocycles. The Labute approximate surface area is 172 Å². The zero-order chi connectivity index (χ0) is 20.7. The molecule has 2 saturated carbocycles. The Kier molecular flexibility index (Phi) is 5.34. The molecule has 2 fully saturated rings. The summed E-state index contributed by atoms with van der Waals surface area (Å²) in [4.78, 5) is 0.350. The highest BCUT2D eigenvalue weighted by Crippen LogP contribution is 2.49. The van der Waals surface area contributed by atoms with Gasteiger partial charge in [-0.15, -0.1) is 0 Å². The van der Waals surface area contributed by atoms with Crippen molar-refractivity contribution in [3.8, 4) is 0 Å². The van der Waals surface area contributed by atoms with Crippen LogP contribution in [0.25, 0.3) is 0 Å². The van der Waals surface area contributed by atoms with Gasteiger partial charge in [0.15, 0.2) is 19.7 Å². The van der Waals surface area contributed by atoms with Gasteiger partial charge in [-0.3, -0.25) is 0 Å². The maximum atomic E-state index is 13.5. The second kappa shape index (κ2) is 7.52. The van der Waals surface area contributed by atoms with Crippen LogP contribution in [0.15, 0.2) is 70.5 Å². The Hall–Kier alpha value is -1.70. The molecular formula is C22H26O5S2. The van der Waals surface area contributed by atoms with Crippen LogP contribution >= 0.6 is 0 Å². The Morgan fingerprint density at radius 1 is 0.759 bits per heavy atom. The van der Waals surface area contributed by atoms with Crippen LogP contribution < -0.4 is 0 Å². The van der Waals surface area contributed by atoms with Gasteiger partial charge in [0.25, 0.3) is 0 Å². The van der Waals surface area contributed by atoms with E-state index in [0.29, 0.717) is 19.3 Å². The lowest BCUT2D eigenvalue weighted by molar-refractivity contribution is -0.0699. The third kappa shape index (κ3) is 3.53. The molecule has 4 atom stereocenters. The van der Waals surface area contributed by atoms with E-state index in [4.69, 9.17) is 0 Å². The summed E-state index contributed by atoms with van der Waals surface area (Å²) >= 11 is 0. The molecule has 0 aromatic heterocycles. The molecule has 4 rings (SSSR count). The van der Waals surface area contributed by atoms with E-state index in [0.717, 1.165) is 12.8 Å². The quantitative estimate of drug-likeness (QED) is 0.797. The summed E-state index contributed by atoms with van der Waals surface area (Å²) in [6, 6.07) is 16.3. The van der Waals surface area contributed by atoms with Gasteiger partial charge in [-0.05, 0) is 55.9 Å². The van der Waals surface area contributed by atoms with Crippen molar-refractivity contribution < 1.29 is 21.9 Å². The number of fused-ring (bicyclic) bond motifs is 1. The second-order valence-corrected chi connectivity index (χ2v) is 12.6. The van der Waals surface area contributed by atoms with E-state index in [1.54, 1.807) is 48.5 Å². The molecule has 5 nitrogen and oxygen atoms in total. The van der Waals surface area contributed by atoms with Crippen molar-refractivity contribution in [2.24, 2.45) is 5.92 Å². The highest BCUT2D eigenvalue weighted by molar-refractivity contribution is 7.93. The van der Waals surface area contributed by atoms with Gasteiger partial charge in [0.2, 0.25) is 0 Å². The summed E-state index contributed by atoms with van der Waals surface area (Å²) < 4.78 is 53.6. The van der Waals surface area contributed by atoms with Crippen LogP contribution in [0.1, 0.15) is 38.5 Å². The van der Waals surface area contributed by atoms with Gasteiger partial charge >= 0.3 is 0 Å². The number of benzene rings is 2. The molecule has 0 unspecified atom stereocenters. The van der Waals surface area contributed by atoms with Gasteiger partial charge < -0.3 is 5.11 Å². The minimum Gasteiger partial charge on any atom is -0.388 e. The van der Waals surface area contributed by atoms with Crippen molar-refractivity contribution in [2.75, 3.05) is 0 Å². The molecule has 29 heavy (non-hydrogen) atoms. The summed E-state index contributed by atoms with van der Waals surface area (Å²) in [5.74, 6) is -0.336. The highest BCUT2D eigenvalue weighted by Gasteiger charge is 2.57. The zero-order valence-corrected chi connectivity index (χ0v) is 17.8. The smallest absolute Gasteiger partial charge is 0.184 e. The first kappa shape index (κ1) is 20.6. The van der Waals surface area contributed by atoms with Crippen molar-refractivity contribution in [2.45, 2.75) is 64.4 Å². The van der Waals surface area contributed by atoms with Crippen molar-refractivity contribution in [1.82, 2.24) is 0 Å². The molecule has 0 amide bonds.